The quantitative estimate of drug-likeness (QED) is 0.905. The van der Waals surface area contributed by atoms with E-state index in [1.807, 2.05) is 12.1 Å². The zero-order valence-corrected chi connectivity index (χ0v) is 14.6. The van der Waals surface area contributed by atoms with E-state index in [1.165, 1.54) is 9.87 Å². The maximum atomic E-state index is 12.8. The molecule has 1 heterocycles. The van der Waals surface area contributed by atoms with Gasteiger partial charge in [-0.1, -0.05) is 33.3 Å². The molecule has 1 aromatic carbocycles. The van der Waals surface area contributed by atoms with Crippen LogP contribution in [0.1, 0.15) is 57.1 Å². The van der Waals surface area contributed by atoms with Crippen LogP contribution in [-0.4, -0.2) is 37.0 Å². The van der Waals surface area contributed by atoms with Crippen molar-refractivity contribution in [1.29, 1.82) is 0 Å². The van der Waals surface area contributed by atoms with Gasteiger partial charge in [-0.25, -0.2) is 8.42 Å². The summed E-state index contributed by atoms with van der Waals surface area (Å²) in [5.41, 5.74) is 2.34. The Morgan fingerprint density at radius 3 is 2.68 bits per heavy atom. The zero-order valence-electron chi connectivity index (χ0n) is 13.7. The molecule has 22 heavy (non-hydrogen) atoms. The summed E-state index contributed by atoms with van der Waals surface area (Å²) in [5, 5.41) is 9.74. The van der Waals surface area contributed by atoms with Crippen molar-refractivity contribution in [2.24, 2.45) is 0 Å². The third kappa shape index (κ3) is 3.70. The minimum atomic E-state index is -3.50. The first-order chi connectivity index (χ1) is 10.4. The van der Waals surface area contributed by atoms with Gasteiger partial charge in [-0.3, -0.25) is 0 Å². The zero-order chi connectivity index (χ0) is 16.3. The molecule has 1 aromatic rings. The van der Waals surface area contributed by atoms with E-state index in [0.29, 0.717) is 30.2 Å². The lowest BCUT2D eigenvalue weighted by atomic mass is 9.95. The highest BCUT2D eigenvalue weighted by Crippen LogP contribution is 2.27. The van der Waals surface area contributed by atoms with Crippen LogP contribution in [0.15, 0.2) is 23.1 Å². The summed E-state index contributed by atoms with van der Waals surface area (Å²) in [6.45, 7) is 7.06. The van der Waals surface area contributed by atoms with E-state index in [9.17, 15) is 13.5 Å². The van der Waals surface area contributed by atoms with Gasteiger partial charge in [0.1, 0.15) is 0 Å². The largest absolute Gasteiger partial charge is 0.392 e. The van der Waals surface area contributed by atoms with Crippen molar-refractivity contribution < 1.29 is 13.5 Å². The molecule has 1 saturated heterocycles. The number of hydrogen-bond donors (Lipinski definition) is 1. The summed E-state index contributed by atoms with van der Waals surface area (Å²) >= 11 is 0. The summed E-state index contributed by atoms with van der Waals surface area (Å²) in [5.74, 6) is 0.384. The smallest absolute Gasteiger partial charge is 0.243 e. The van der Waals surface area contributed by atoms with Crippen molar-refractivity contribution in [3.63, 3.8) is 0 Å². The van der Waals surface area contributed by atoms with Gasteiger partial charge in [0.05, 0.1) is 11.0 Å². The van der Waals surface area contributed by atoms with Gasteiger partial charge < -0.3 is 5.11 Å². The van der Waals surface area contributed by atoms with Crippen LogP contribution in [0.25, 0.3) is 0 Å². The van der Waals surface area contributed by atoms with Crippen LogP contribution in [0.2, 0.25) is 0 Å². The molecule has 0 spiro atoms. The molecule has 1 unspecified atom stereocenters. The molecule has 1 N–H and O–H groups in total. The van der Waals surface area contributed by atoms with Crippen LogP contribution >= 0.6 is 0 Å². The van der Waals surface area contributed by atoms with E-state index < -0.39 is 16.1 Å². The Labute approximate surface area is 134 Å². The van der Waals surface area contributed by atoms with E-state index in [2.05, 4.69) is 20.8 Å². The minimum absolute atomic E-state index is 0.206. The summed E-state index contributed by atoms with van der Waals surface area (Å²) in [6, 6.07) is 5.49. The second kappa shape index (κ2) is 7.11. The number of β-amino-alcohol motifs (C(OH)–C–C–N with tert-alkyl or cyclic N) is 1. The van der Waals surface area contributed by atoms with Crippen molar-refractivity contribution in [3.05, 3.63) is 29.3 Å². The molecule has 0 aliphatic carbocycles. The van der Waals surface area contributed by atoms with Gasteiger partial charge in [-0.05, 0) is 48.4 Å². The predicted octanol–water partition coefficient (Wildman–Crippen LogP) is 2.91. The highest BCUT2D eigenvalue weighted by molar-refractivity contribution is 7.89. The number of rotatable bonds is 5. The lowest BCUT2D eigenvalue weighted by molar-refractivity contribution is 0.108. The van der Waals surface area contributed by atoms with Crippen LogP contribution in [0, 0.1) is 0 Å². The predicted molar refractivity (Wildman–Crippen MR) is 88.5 cm³/mol. The van der Waals surface area contributed by atoms with E-state index >= 15 is 0 Å². The number of aliphatic hydroxyl groups excluding tert-OH is 1. The standard InChI is InChI=1S/C17H27NO3S/c1-4-6-14-11-16(8-9-17(14)13(2)3)22(20,21)18-10-5-7-15(19)12-18/h8-9,11,13,15,19H,4-7,10,12H2,1-3H3. The van der Waals surface area contributed by atoms with Crippen molar-refractivity contribution in [2.45, 2.75) is 63.4 Å². The average molecular weight is 325 g/mol. The van der Waals surface area contributed by atoms with E-state index in [-0.39, 0.29) is 6.54 Å². The van der Waals surface area contributed by atoms with Crippen LogP contribution in [0.4, 0.5) is 0 Å². The normalized spacial score (nSPS) is 20.5. The van der Waals surface area contributed by atoms with Crippen molar-refractivity contribution in [2.75, 3.05) is 13.1 Å². The number of nitrogens with zero attached hydrogens (tertiary/aromatic N) is 1. The Hall–Kier alpha value is -0.910. The van der Waals surface area contributed by atoms with Crippen molar-refractivity contribution >= 4 is 10.0 Å². The van der Waals surface area contributed by atoms with Gasteiger partial charge in [-0.15, -0.1) is 0 Å². The SMILES string of the molecule is CCCc1cc(S(=O)(=O)N2CCCC(O)C2)ccc1C(C)C. The first-order valence-corrected chi connectivity index (χ1v) is 9.61. The van der Waals surface area contributed by atoms with E-state index in [1.54, 1.807) is 6.07 Å². The molecular weight excluding hydrogens is 298 g/mol. The molecule has 0 radical (unpaired) electrons. The average Bonchev–Trinajstić information content (AvgIpc) is 2.47. The minimum Gasteiger partial charge on any atom is -0.392 e. The molecule has 1 aliphatic heterocycles. The monoisotopic (exact) mass is 325 g/mol. The van der Waals surface area contributed by atoms with Gasteiger partial charge >= 0.3 is 0 Å². The third-order valence-electron chi connectivity index (χ3n) is 4.25. The Kier molecular flexibility index (Phi) is 5.64. The molecule has 0 saturated carbocycles. The Morgan fingerprint density at radius 2 is 2.09 bits per heavy atom. The second-order valence-corrected chi connectivity index (χ2v) is 8.36. The number of aliphatic hydroxyl groups is 1. The van der Waals surface area contributed by atoms with Crippen LogP contribution in [0.3, 0.4) is 0 Å². The highest BCUT2D eigenvalue weighted by Gasteiger charge is 2.29. The lowest BCUT2D eigenvalue weighted by Gasteiger charge is -2.29. The Bertz CT molecular complexity index is 610. The molecule has 0 amide bonds. The van der Waals surface area contributed by atoms with Crippen LogP contribution in [-0.2, 0) is 16.4 Å². The maximum Gasteiger partial charge on any atom is 0.243 e. The van der Waals surface area contributed by atoms with Crippen LogP contribution < -0.4 is 0 Å². The van der Waals surface area contributed by atoms with Gasteiger partial charge in [0.2, 0.25) is 10.0 Å². The van der Waals surface area contributed by atoms with E-state index in [4.69, 9.17) is 0 Å². The third-order valence-corrected chi connectivity index (χ3v) is 6.11. The number of sulfonamides is 1. The number of benzene rings is 1. The number of aryl methyl sites for hydroxylation is 1. The number of hydrogen-bond acceptors (Lipinski definition) is 3. The van der Waals surface area contributed by atoms with Gasteiger partial charge in [0.25, 0.3) is 0 Å². The van der Waals surface area contributed by atoms with Gasteiger partial charge in [0.15, 0.2) is 0 Å². The summed E-state index contributed by atoms with van der Waals surface area (Å²) in [6.07, 6.45) is 2.73. The molecule has 4 nitrogen and oxygen atoms in total. The van der Waals surface area contributed by atoms with Crippen LogP contribution in [0.5, 0.6) is 0 Å². The van der Waals surface area contributed by atoms with Crippen molar-refractivity contribution in [3.8, 4) is 0 Å². The van der Waals surface area contributed by atoms with Crippen molar-refractivity contribution in [1.82, 2.24) is 4.31 Å². The number of piperidine rings is 1. The fourth-order valence-corrected chi connectivity index (χ4v) is 4.65. The summed E-state index contributed by atoms with van der Waals surface area (Å²) < 4.78 is 27.0. The molecule has 0 bridgehead atoms. The topological polar surface area (TPSA) is 57.6 Å². The summed E-state index contributed by atoms with van der Waals surface area (Å²) in [4.78, 5) is 0.356. The Morgan fingerprint density at radius 1 is 1.36 bits per heavy atom. The first kappa shape index (κ1) is 17.4. The molecule has 124 valence electrons. The Balaban J connectivity index is 2.36. The molecule has 1 fully saturated rings. The maximum absolute atomic E-state index is 12.8. The van der Waals surface area contributed by atoms with Gasteiger partial charge in [0, 0.05) is 13.1 Å². The molecule has 2 rings (SSSR count). The molecule has 1 aliphatic rings. The molecule has 0 aromatic heterocycles. The fraction of sp³-hybridized carbons (Fsp3) is 0.647. The molecular formula is C17H27NO3S. The summed E-state index contributed by atoms with van der Waals surface area (Å²) in [7, 11) is -3.50. The highest BCUT2D eigenvalue weighted by atomic mass is 32.2. The van der Waals surface area contributed by atoms with E-state index in [0.717, 1.165) is 18.4 Å². The molecule has 1 atom stereocenters. The fourth-order valence-electron chi connectivity index (χ4n) is 3.08. The first-order valence-electron chi connectivity index (χ1n) is 8.17. The van der Waals surface area contributed by atoms with Gasteiger partial charge in [-0.2, -0.15) is 4.31 Å². The second-order valence-electron chi connectivity index (χ2n) is 6.42. The molecule has 5 heteroatoms. The lowest BCUT2D eigenvalue weighted by Crippen LogP contribution is -2.42.